The Morgan fingerprint density at radius 2 is 1.63 bits per heavy atom. The molecule has 4 atom stereocenters. The van der Waals surface area contributed by atoms with Crippen LogP contribution in [0.15, 0.2) is 42.5 Å². The van der Waals surface area contributed by atoms with Gasteiger partial charge in [0, 0.05) is 23.3 Å². The number of amides is 3. The fourth-order valence-corrected chi connectivity index (χ4v) is 5.96. The number of halogens is 2. The first kappa shape index (κ1) is 23.4. The van der Waals surface area contributed by atoms with Crippen LogP contribution in [-0.4, -0.2) is 45.0 Å². The molecule has 9 nitrogen and oxygen atoms in total. The van der Waals surface area contributed by atoms with E-state index in [1.54, 1.807) is 0 Å². The summed E-state index contributed by atoms with van der Waals surface area (Å²) in [4.78, 5) is 64.0. The molecule has 5 rings (SSSR count). The van der Waals surface area contributed by atoms with Gasteiger partial charge in [-0.05, 0) is 49.3 Å². The van der Waals surface area contributed by atoms with E-state index < -0.39 is 46.8 Å². The summed E-state index contributed by atoms with van der Waals surface area (Å²) in [5.41, 5.74) is -0.282. The number of carbonyl (C=O) groups excluding carboxylic acids is 4. The van der Waals surface area contributed by atoms with Crippen molar-refractivity contribution < 1.29 is 24.1 Å². The van der Waals surface area contributed by atoms with Crippen molar-refractivity contribution in [3.63, 3.8) is 0 Å². The first-order valence-corrected chi connectivity index (χ1v) is 11.8. The van der Waals surface area contributed by atoms with E-state index in [4.69, 9.17) is 23.2 Å². The number of nitro benzene ring substituents is 1. The number of Topliss-reactive ketones (excluding diaryl/α,β-unsaturated/α-hetero) is 1. The number of carbonyl (C=O) groups is 4. The number of rotatable bonds is 6. The van der Waals surface area contributed by atoms with Crippen LogP contribution in [-0.2, 0) is 9.59 Å². The Labute approximate surface area is 209 Å². The zero-order valence-corrected chi connectivity index (χ0v) is 19.7. The molecule has 11 heteroatoms. The zero-order valence-electron chi connectivity index (χ0n) is 18.2. The fourth-order valence-electron chi connectivity index (χ4n) is 5.66. The molecule has 3 aliphatic rings. The van der Waals surface area contributed by atoms with Crippen LogP contribution >= 0.6 is 23.2 Å². The number of benzene rings is 2. The third-order valence-electron chi connectivity index (χ3n) is 7.22. The van der Waals surface area contributed by atoms with Crippen LogP contribution in [0.1, 0.15) is 40.0 Å². The molecule has 0 unspecified atom stereocenters. The quantitative estimate of drug-likeness (QED) is 0.246. The third kappa shape index (κ3) is 3.88. The number of ketones is 1. The van der Waals surface area contributed by atoms with Gasteiger partial charge in [0.05, 0.1) is 26.8 Å². The molecule has 2 saturated carbocycles. The molecule has 35 heavy (non-hydrogen) atoms. The van der Waals surface area contributed by atoms with E-state index in [9.17, 15) is 29.3 Å². The standard InChI is InChI=1S/C24H19Cl2N3O6/c25-17-7-6-15(10-18(17)26)22(31)27(11-19(30)12-2-1-3-16(9-12)29(34)35)28-23(32)20-13-4-5-14(8-13)21(20)24(28)33/h1-3,6-7,9-10,13-14,20-21H,4-5,8,11H2/t13-,14-,20-,21-/m0/s1. The first-order chi connectivity index (χ1) is 16.7. The summed E-state index contributed by atoms with van der Waals surface area (Å²) in [7, 11) is 0. The normalized spacial score (nSPS) is 24.6. The fraction of sp³-hybridized carbons (Fsp3) is 0.333. The molecular formula is C24H19Cl2N3O6. The maximum absolute atomic E-state index is 13.5. The lowest BCUT2D eigenvalue weighted by Crippen LogP contribution is -2.52. The summed E-state index contributed by atoms with van der Waals surface area (Å²) in [6, 6.07) is 9.14. The molecule has 0 radical (unpaired) electrons. The summed E-state index contributed by atoms with van der Waals surface area (Å²) in [5, 5.41) is 13.1. The predicted molar refractivity (Wildman–Crippen MR) is 125 cm³/mol. The van der Waals surface area contributed by atoms with Gasteiger partial charge < -0.3 is 0 Å². The van der Waals surface area contributed by atoms with Gasteiger partial charge in [-0.25, -0.2) is 5.01 Å². The van der Waals surface area contributed by atoms with Crippen LogP contribution in [0.5, 0.6) is 0 Å². The van der Waals surface area contributed by atoms with Crippen molar-refractivity contribution >= 4 is 52.4 Å². The Kier molecular flexibility index (Phi) is 5.85. The lowest BCUT2D eigenvalue weighted by atomic mass is 9.81. The number of fused-ring (bicyclic) bond motifs is 5. The van der Waals surface area contributed by atoms with Gasteiger partial charge >= 0.3 is 0 Å². The van der Waals surface area contributed by atoms with Gasteiger partial charge in [0.2, 0.25) is 0 Å². The van der Waals surface area contributed by atoms with Gasteiger partial charge in [-0.15, -0.1) is 0 Å². The second kappa shape index (κ2) is 8.73. The van der Waals surface area contributed by atoms with Crippen molar-refractivity contribution in [2.45, 2.75) is 19.3 Å². The van der Waals surface area contributed by atoms with Gasteiger partial charge in [-0.2, -0.15) is 5.01 Å². The van der Waals surface area contributed by atoms with Gasteiger partial charge in [0.15, 0.2) is 5.78 Å². The van der Waals surface area contributed by atoms with Crippen LogP contribution in [0.25, 0.3) is 0 Å². The van der Waals surface area contributed by atoms with Gasteiger partial charge in [-0.1, -0.05) is 35.3 Å². The summed E-state index contributed by atoms with van der Waals surface area (Å²) in [6.45, 7) is -0.660. The molecule has 180 valence electrons. The Hall–Kier alpha value is -3.30. The van der Waals surface area contributed by atoms with Crippen molar-refractivity contribution in [1.29, 1.82) is 0 Å². The number of imide groups is 1. The largest absolute Gasteiger partial charge is 0.292 e. The van der Waals surface area contributed by atoms with Crippen molar-refractivity contribution in [2.75, 3.05) is 6.54 Å². The average Bonchev–Trinajstić information content (AvgIpc) is 3.53. The monoisotopic (exact) mass is 515 g/mol. The minimum Gasteiger partial charge on any atom is -0.292 e. The summed E-state index contributed by atoms with van der Waals surface area (Å²) >= 11 is 12.0. The second-order valence-electron chi connectivity index (χ2n) is 9.10. The first-order valence-electron chi connectivity index (χ1n) is 11.1. The van der Waals surface area contributed by atoms with Crippen molar-refractivity contribution in [3.8, 4) is 0 Å². The SMILES string of the molecule is O=C(CN(C(=O)c1ccc(Cl)c(Cl)c1)N1C(=O)[C@H]2[C@H]3CC[C@@H](C3)[C@@H]2C1=O)c1cccc([N+](=O)[O-])c1. The number of nitro groups is 1. The molecule has 2 aliphatic carbocycles. The zero-order chi connectivity index (χ0) is 25.0. The molecule has 3 amide bonds. The minimum atomic E-state index is -0.781. The molecule has 2 bridgehead atoms. The van der Waals surface area contributed by atoms with Crippen LogP contribution in [0.2, 0.25) is 10.0 Å². The number of hydrogen-bond acceptors (Lipinski definition) is 6. The molecule has 2 aromatic carbocycles. The highest BCUT2D eigenvalue weighted by atomic mass is 35.5. The maximum Gasteiger partial charge on any atom is 0.273 e. The topological polar surface area (TPSA) is 118 Å². The van der Waals surface area contributed by atoms with Crippen LogP contribution < -0.4 is 0 Å². The third-order valence-corrected chi connectivity index (χ3v) is 7.96. The molecule has 3 fully saturated rings. The molecule has 0 aromatic heterocycles. The highest BCUT2D eigenvalue weighted by Gasteiger charge is 2.62. The van der Waals surface area contributed by atoms with E-state index in [2.05, 4.69) is 0 Å². The second-order valence-corrected chi connectivity index (χ2v) is 9.91. The van der Waals surface area contributed by atoms with E-state index in [0.717, 1.165) is 35.3 Å². The molecule has 0 N–H and O–H groups in total. The van der Waals surface area contributed by atoms with Crippen molar-refractivity contribution in [2.24, 2.45) is 23.7 Å². The van der Waals surface area contributed by atoms with Crippen LogP contribution in [0.4, 0.5) is 5.69 Å². The van der Waals surface area contributed by atoms with Crippen molar-refractivity contribution in [3.05, 3.63) is 73.8 Å². The highest BCUT2D eigenvalue weighted by Crippen LogP contribution is 2.56. The van der Waals surface area contributed by atoms with Crippen LogP contribution in [0.3, 0.4) is 0 Å². The van der Waals surface area contributed by atoms with E-state index in [1.165, 1.54) is 36.4 Å². The van der Waals surface area contributed by atoms with Gasteiger partial charge in [0.1, 0.15) is 6.54 Å². The molecule has 1 saturated heterocycles. The van der Waals surface area contributed by atoms with E-state index in [1.807, 2.05) is 0 Å². The van der Waals surface area contributed by atoms with E-state index >= 15 is 0 Å². The lowest BCUT2D eigenvalue weighted by Gasteiger charge is -2.31. The number of hydrogen-bond donors (Lipinski definition) is 0. The summed E-state index contributed by atoms with van der Waals surface area (Å²) in [5.74, 6) is -3.27. The Bertz CT molecular complexity index is 1270. The minimum absolute atomic E-state index is 0.0227. The van der Waals surface area contributed by atoms with Crippen molar-refractivity contribution in [1.82, 2.24) is 10.0 Å². The number of non-ortho nitro benzene ring substituents is 1. The molecule has 2 aromatic rings. The van der Waals surface area contributed by atoms with E-state index in [-0.39, 0.29) is 38.7 Å². The summed E-state index contributed by atoms with van der Waals surface area (Å²) < 4.78 is 0. The number of hydrazine groups is 1. The smallest absolute Gasteiger partial charge is 0.273 e. The lowest BCUT2D eigenvalue weighted by molar-refractivity contribution is -0.384. The molecular weight excluding hydrogens is 497 g/mol. The Morgan fingerprint density at radius 3 is 2.23 bits per heavy atom. The maximum atomic E-state index is 13.5. The van der Waals surface area contributed by atoms with Gasteiger partial charge in [0.25, 0.3) is 23.4 Å². The molecule has 1 heterocycles. The Morgan fingerprint density at radius 1 is 0.971 bits per heavy atom. The average molecular weight is 516 g/mol. The predicted octanol–water partition coefficient (Wildman–Crippen LogP) is 4.17. The van der Waals surface area contributed by atoms with E-state index in [0.29, 0.717) is 0 Å². The molecule has 1 aliphatic heterocycles. The van der Waals surface area contributed by atoms with Crippen LogP contribution in [0, 0.1) is 33.8 Å². The Balaban J connectivity index is 1.51. The highest BCUT2D eigenvalue weighted by molar-refractivity contribution is 6.42. The molecule has 0 spiro atoms. The summed E-state index contributed by atoms with van der Waals surface area (Å²) in [6.07, 6.45) is 2.52. The van der Waals surface area contributed by atoms with Gasteiger partial charge in [-0.3, -0.25) is 29.3 Å². The number of nitrogens with zero attached hydrogens (tertiary/aromatic N) is 3.